The Morgan fingerprint density at radius 3 is 2.55 bits per heavy atom. The van der Waals surface area contributed by atoms with Gasteiger partial charge in [0.1, 0.15) is 12.4 Å². The van der Waals surface area contributed by atoms with Gasteiger partial charge in [0.25, 0.3) is 0 Å². The van der Waals surface area contributed by atoms with Crippen LogP contribution in [-0.4, -0.2) is 12.6 Å². The number of esters is 1. The van der Waals surface area contributed by atoms with E-state index in [1.54, 1.807) is 18.2 Å². The Balaban J connectivity index is 1.96. The van der Waals surface area contributed by atoms with Crippen molar-refractivity contribution in [2.75, 3.05) is 6.61 Å². The van der Waals surface area contributed by atoms with E-state index in [4.69, 9.17) is 21.1 Å². The van der Waals surface area contributed by atoms with Crippen molar-refractivity contribution < 1.29 is 14.3 Å². The highest BCUT2D eigenvalue weighted by Gasteiger charge is 2.09. The number of rotatable bonds is 6. The van der Waals surface area contributed by atoms with Crippen molar-refractivity contribution in [2.45, 2.75) is 20.5 Å². The van der Waals surface area contributed by atoms with Crippen LogP contribution in [-0.2, 0) is 11.3 Å². The summed E-state index contributed by atoms with van der Waals surface area (Å²) in [5.74, 6) is 0.618. The largest absolute Gasteiger partial charge is 0.489 e. The molecule has 0 N–H and O–H groups in total. The minimum absolute atomic E-state index is 0.313. The van der Waals surface area contributed by atoms with E-state index in [1.165, 1.54) is 0 Å². The Kier molecular flexibility index (Phi) is 5.84. The summed E-state index contributed by atoms with van der Waals surface area (Å²) in [7, 11) is 0. The first-order chi connectivity index (χ1) is 10.5. The van der Waals surface area contributed by atoms with Crippen LogP contribution < -0.4 is 4.74 Å². The summed E-state index contributed by atoms with van der Waals surface area (Å²) < 4.78 is 10.9. The summed E-state index contributed by atoms with van der Waals surface area (Å²) in [6.07, 6.45) is 0. The number of hydrogen-bond acceptors (Lipinski definition) is 3. The Morgan fingerprint density at radius 2 is 1.86 bits per heavy atom. The minimum atomic E-state index is -0.328. The highest BCUT2D eigenvalue weighted by molar-refractivity contribution is 6.30. The lowest BCUT2D eigenvalue weighted by Gasteiger charge is -2.09. The lowest BCUT2D eigenvalue weighted by molar-refractivity contribution is 0.0458. The summed E-state index contributed by atoms with van der Waals surface area (Å²) in [5, 5.41) is 0.693. The fraction of sp³-hybridized carbons (Fsp3) is 0.278. The van der Waals surface area contributed by atoms with Gasteiger partial charge in [-0.1, -0.05) is 43.6 Å². The molecule has 0 saturated carbocycles. The smallest absolute Gasteiger partial charge is 0.338 e. The van der Waals surface area contributed by atoms with E-state index in [0.717, 1.165) is 5.56 Å². The lowest BCUT2D eigenvalue weighted by Crippen LogP contribution is -2.10. The molecule has 0 aliphatic heterocycles. The molecule has 0 aliphatic rings. The van der Waals surface area contributed by atoms with Crippen molar-refractivity contribution in [1.82, 2.24) is 0 Å². The number of carbonyl (C=O) groups excluding carboxylic acids is 1. The molecule has 0 radical (unpaired) electrons. The molecule has 0 aromatic heterocycles. The molecule has 0 unspecified atom stereocenters. The van der Waals surface area contributed by atoms with Crippen molar-refractivity contribution in [3.63, 3.8) is 0 Å². The average Bonchev–Trinajstić information content (AvgIpc) is 2.52. The Bertz CT molecular complexity index is 620. The van der Waals surface area contributed by atoms with E-state index in [2.05, 4.69) is 0 Å². The summed E-state index contributed by atoms with van der Waals surface area (Å²) >= 11 is 5.84. The molecule has 2 aromatic rings. The topological polar surface area (TPSA) is 35.5 Å². The van der Waals surface area contributed by atoms with Crippen molar-refractivity contribution in [1.29, 1.82) is 0 Å². The molecule has 0 saturated heterocycles. The molecule has 0 amide bonds. The van der Waals surface area contributed by atoms with E-state index >= 15 is 0 Å². The van der Waals surface area contributed by atoms with Crippen LogP contribution in [0.4, 0.5) is 0 Å². The molecule has 22 heavy (non-hydrogen) atoms. The van der Waals surface area contributed by atoms with Crippen molar-refractivity contribution in [2.24, 2.45) is 5.92 Å². The van der Waals surface area contributed by atoms with Crippen molar-refractivity contribution in [3.8, 4) is 5.75 Å². The number of hydrogen-bond donors (Lipinski definition) is 0. The maximum Gasteiger partial charge on any atom is 0.338 e. The third kappa shape index (κ3) is 5.08. The molecule has 0 bridgehead atoms. The number of halogens is 1. The molecular weight excluding hydrogens is 300 g/mol. The predicted molar refractivity (Wildman–Crippen MR) is 87.3 cm³/mol. The summed E-state index contributed by atoms with van der Waals surface area (Å²) in [6.45, 7) is 4.83. The minimum Gasteiger partial charge on any atom is -0.489 e. The molecular formula is C18H19ClO3. The van der Waals surface area contributed by atoms with Gasteiger partial charge in [-0.15, -0.1) is 0 Å². The van der Waals surface area contributed by atoms with Gasteiger partial charge in [-0.2, -0.15) is 0 Å². The van der Waals surface area contributed by atoms with Gasteiger partial charge in [-0.25, -0.2) is 4.79 Å². The molecule has 0 aliphatic carbocycles. The van der Waals surface area contributed by atoms with E-state index in [9.17, 15) is 4.79 Å². The van der Waals surface area contributed by atoms with E-state index in [0.29, 0.717) is 35.5 Å². The molecule has 4 heteroatoms. The number of carbonyl (C=O) groups is 1. The van der Waals surface area contributed by atoms with E-state index in [1.807, 2.05) is 44.2 Å². The fourth-order valence-corrected chi connectivity index (χ4v) is 1.91. The molecule has 0 heterocycles. The third-order valence-corrected chi connectivity index (χ3v) is 3.19. The van der Waals surface area contributed by atoms with Crippen molar-refractivity contribution >= 4 is 17.6 Å². The van der Waals surface area contributed by atoms with Crippen LogP contribution in [0.3, 0.4) is 0 Å². The zero-order chi connectivity index (χ0) is 15.9. The van der Waals surface area contributed by atoms with Crippen LogP contribution in [0.25, 0.3) is 0 Å². The second-order valence-electron chi connectivity index (χ2n) is 5.44. The Labute approximate surface area is 135 Å². The van der Waals surface area contributed by atoms with E-state index < -0.39 is 0 Å². The van der Waals surface area contributed by atoms with Gasteiger partial charge < -0.3 is 9.47 Å². The zero-order valence-electron chi connectivity index (χ0n) is 12.7. The fourth-order valence-electron chi connectivity index (χ4n) is 1.79. The van der Waals surface area contributed by atoms with Crippen LogP contribution in [0.15, 0.2) is 48.5 Å². The first-order valence-electron chi connectivity index (χ1n) is 7.19. The molecule has 0 fully saturated rings. The van der Waals surface area contributed by atoms with E-state index in [-0.39, 0.29) is 5.97 Å². The zero-order valence-corrected chi connectivity index (χ0v) is 13.5. The number of ether oxygens (including phenoxy) is 2. The molecule has 116 valence electrons. The highest BCUT2D eigenvalue weighted by Crippen LogP contribution is 2.17. The maximum atomic E-state index is 11.9. The molecule has 3 nitrogen and oxygen atoms in total. The molecule has 2 rings (SSSR count). The first-order valence-corrected chi connectivity index (χ1v) is 7.57. The lowest BCUT2D eigenvalue weighted by atomic mass is 10.2. The summed E-state index contributed by atoms with van der Waals surface area (Å²) in [5.41, 5.74) is 1.51. The van der Waals surface area contributed by atoms with Crippen LogP contribution in [0, 0.1) is 5.92 Å². The van der Waals surface area contributed by atoms with Gasteiger partial charge >= 0.3 is 5.97 Å². The normalized spacial score (nSPS) is 10.5. The third-order valence-electron chi connectivity index (χ3n) is 2.94. The van der Waals surface area contributed by atoms with Crippen molar-refractivity contribution in [3.05, 3.63) is 64.7 Å². The van der Waals surface area contributed by atoms with Gasteiger partial charge in [0.15, 0.2) is 0 Å². The van der Waals surface area contributed by atoms with Crippen LogP contribution in [0.1, 0.15) is 29.8 Å². The SMILES string of the molecule is CC(C)COC(=O)c1cccc(OCc2ccc(Cl)cc2)c1. The molecule has 0 spiro atoms. The molecule has 0 atom stereocenters. The average molecular weight is 319 g/mol. The first kappa shape index (κ1) is 16.4. The van der Waals surface area contributed by atoms with Gasteiger partial charge in [-0.3, -0.25) is 0 Å². The molecule has 2 aromatic carbocycles. The highest BCUT2D eigenvalue weighted by atomic mass is 35.5. The second kappa shape index (κ2) is 7.85. The van der Waals surface area contributed by atoms with Gasteiger partial charge in [0.2, 0.25) is 0 Å². The monoisotopic (exact) mass is 318 g/mol. The predicted octanol–water partition coefficient (Wildman–Crippen LogP) is 4.73. The summed E-state index contributed by atoms with van der Waals surface area (Å²) in [6, 6.07) is 14.5. The quantitative estimate of drug-likeness (QED) is 0.722. The standard InChI is InChI=1S/C18H19ClO3/c1-13(2)11-22-18(20)15-4-3-5-17(10-15)21-12-14-6-8-16(19)9-7-14/h3-10,13H,11-12H2,1-2H3. The van der Waals surface area contributed by atoms with Gasteiger partial charge in [0.05, 0.1) is 12.2 Å². The van der Waals surface area contributed by atoms with Gasteiger partial charge in [0, 0.05) is 5.02 Å². The Hall–Kier alpha value is -2.00. The summed E-state index contributed by atoms with van der Waals surface area (Å²) in [4.78, 5) is 11.9. The van der Waals surface area contributed by atoms with Gasteiger partial charge in [-0.05, 0) is 41.8 Å². The number of benzene rings is 2. The van der Waals surface area contributed by atoms with Crippen LogP contribution in [0.2, 0.25) is 5.02 Å². The van der Waals surface area contributed by atoms with Crippen LogP contribution in [0.5, 0.6) is 5.75 Å². The van der Waals surface area contributed by atoms with Crippen LogP contribution >= 0.6 is 11.6 Å². The maximum absolute atomic E-state index is 11.9. The Morgan fingerprint density at radius 1 is 1.14 bits per heavy atom. The second-order valence-corrected chi connectivity index (χ2v) is 5.87.